The minimum atomic E-state index is -1.18. The van der Waals surface area contributed by atoms with Gasteiger partial charge in [-0.05, 0) is 6.07 Å². The smallest absolute Gasteiger partial charge is 0.163 e. The quantitative estimate of drug-likeness (QED) is 0.627. The van der Waals surface area contributed by atoms with Crippen molar-refractivity contribution in [3.8, 4) is 0 Å². The summed E-state index contributed by atoms with van der Waals surface area (Å²) in [5, 5.41) is 26.7. The zero-order valence-electron chi connectivity index (χ0n) is 12.5. The van der Waals surface area contributed by atoms with Gasteiger partial charge in [0.2, 0.25) is 0 Å². The molecular formula is C15H15F2N5O2. The molecule has 126 valence electrons. The Morgan fingerprint density at radius 2 is 2.08 bits per heavy atom. The molecule has 1 aromatic carbocycles. The molecule has 3 N–H and O–H groups in total. The molecule has 0 saturated heterocycles. The number of aliphatic hydroxyl groups is 2. The monoisotopic (exact) mass is 335 g/mol. The first-order valence-corrected chi connectivity index (χ1v) is 7.24. The van der Waals surface area contributed by atoms with E-state index in [1.165, 1.54) is 23.3 Å². The number of rotatable bonds is 6. The van der Waals surface area contributed by atoms with Crippen molar-refractivity contribution in [3.63, 3.8) is 0 Å². The van der Waals surface area contributed by atoms with Crippen LogP contribution in [0.25, 0.3) is 11.0 Å². The predicted molar refractivity (Wildman–Crippen MR) is 82.2 cm³/mol. The molecule has 0 spiro atoms. The Kier molecular flexibility index (Phi) is 4.63. The molecule has 2 heterocycles. The molecule has 0 unspecified atom stereocenters. The van der Waals surface area contributed by atoms with Crippen molar-refractivity contribution in [2.45, 2.75) is 12.6 Å². The van der Waals surface area contributed by atoms with E-state index in [-0.39, 0.29) is 18.7 Å². The third kappa shape index (κ3) is 3.17. The molecule has 2 aromatic heterocycles. The molecule has 1 atom stereocenters. The van der Waals surface area contributed by atoms with Gasteiger partial charge in [-0.25, -0.2) is 23.4 Å². The fourth-order valence-electron chi connectivity index (χ4n) is 2.37. The number of aromatic nitrogens is 4. The van der Waals surface area contributed by atoms with Gasteiger partial charge in [0.1, 0.15) is 23.8 Å². The Morgan fingerprint density at radius 3 is 2.83 bits per heavy atom. The fourth-order valence-corrected chi connectivity index (χ4v) is 2.37. The van der Waals surface area contributed by atoms with Crippen LogP contribution in [0.3, 0.4) is 0 Å². The van der Waals surface area contributed by atoms with Crippen LogP contribution >= 0.6 is 0 Å². The zero-order chi connectivity index (χ0) is 17.1. The first-order valence-electron chi connectivity index (χ1n) is 7.24. The minimum Gasteiger partial charge on any atom is -0.394 e. The first kappa shape index (κ1) is 16.2. The number of nitrogens with one attached hydrogen (secondary N) is 1. The first-order chi connectivity index (χ1) is 11.6. The van der Waals surface area contributed by atoms with Crippen LogP contribution < -0.4 is 5.32 Å². The fraction of sp³-hybridized carbons (Fsp3) is 0.267. The highest BCUT2D eigenvalue weighted by Gasteiger charge is 2.15. The molecule has 0 aliphatic carbocycles. The summed E-state index contributed by atoms with van der Waals surface area (Å²) in [5.41, 5.74) is 0.522. The van der Waals surface area contributed by atoms with E-state index < -0.39 is 17.7 Å². The van der Waals surface area contributed by atoms with Gasteiger partial charge in [0, 0.05) is 18.2 Å². The van der Waals surface area contributed by atoms with Crippen LogP contribution in [0.5, 0.6) is 0 Å². The molecule has 0 fully saturated rings. The Labute approximate surface area is 135 Å². The molecule has 9 heteroatoms. The van der Waals surface area contributed by atoms with Gasteiger partial charge in [-0.2, -0.15) is 5.10 Å². The second-order valence-corrected chi connectivity index (χ2v) is 5.11. The lowest BCUT2D eigenvalue weighted by molar-refractivity contribution is 0.186. The van der Waals surface area contributed by atoms with Gasteiger partial charge in [-0.3, -0.25) is 0 Å². The molecule has 0 aliphatic heterocycles. The van der Waals surface area contributed by atoms with E-state index in [2.05, 4.69) is 20.4 Å². The molecule has 7 nitrogen and oxygen atoms in total. The molecule has 0 bridgehead atoms. The second-order valence-electron chi connectivity index (χ2n) is 5.11. The number of fused-ring (bicyclic) bond motifs is 1. The van der Waals surface area contributed by atoms with Gasteiger partial charge < -0.3 is 15.5 Å². The number of hydrogen-bond donors (Lipinski definition) is 3. The lowest BCUT2D eigenvalue weighted by Crippen LogP contribution is -2.14. The van der Waals surface area contributed by atoms with E-state index in [1.807, 2.05) is 0 Å². The molecule has 3 aromatic rings. The number of anilines is 1. The van der Waals surface area contributed by atoms with Gasteiger partial charge >= 0.3 is 0 Å². The molecule has 24 heavy (non-hydrogen) atoms. The Morgan fingerprint density at radius 1 is 1.25 bits per heavy atom. The van der Waals surface area contributed by atoms with Crippen molar-refractivity contribution in [3.05, 3.63) is 47.9 Å². The average molecular weight is 335 g/mol. The predicted octanol–water partition coefficient (Wildman–Crippen LogP) is 1.24. The lowest BCUT2D eigenvalue weighted by atomic mass is 10.1. The number of hydrogen-bond acceptors (Lipinski definition) is 6. The van der Waals surface area contributed by atoms with Crippen LogP contribution in [0.15, 0.2) is 30.7 Å². The SMILES string of the molecule is OCCn1ncc2c(NC[C@H](O)c3ccc(F)cc3F)ncnc21. The third-order valence-corrected chi connectivity index (χ3v) is 3.53. The van der Waals surface area contributed by atoms with Crippen LogP contribution in [-0.2, 0) is 6.54 Å². The van der Waals surface area contributed by atoms with Crippen molar-refractivity contribution in [1.82, 2.24) is 19.7 Å². The van der Waals surface area contributed by atoms with Gasteiger partial charge in [0.25, 0.3) is 0 Å². The Bertz CT molecular complexity index is 855. The van der Waals surface area contributed by atoms with Crippen molar-refractivity contribution in [2.75, 3.05) is 18.5 Å². The second kappa shape index (κ2) is 6.85. The van der Waals surface area contributed by atoms with E-state index in [4.69, 9.17) is 5.11 Å². The van der Waals surface area contributed by atoms with E-state index in [9.17, 15) is 13.9 Å². The summed E-state index contributed by atoms with van der Waals surface area (Å²) in [7, 11) is 0. The van der Waals surface area contributed by atoms with Crippen molar-refractivity contribution < 1.29 is 19.0 Å². The summed E-state index contributed by atoms with van der Waals surface area (Å²) < 4.78 is 28.1. The van der Waals surface area contributed by atoms with E-state index >= 15 is 0 Å². The Balaban J connectivity index is 1.78. The lowest BCUT2D eigenvalue weighted by Gasteiger charge is -2.13. The van der Waals surface area contributed by atoms with Crippen LogP contribution in [0.2, 0.25) is 0 Å². The number of nitrogens with zero attached hydrogens (tertiary/aromatic N) is 4. The molecular weight excluding hydrogens is 320 g/mol. The van der Waals surface area contributed by atoms with Gasteiger partial charge in [0.15, 0.2) is 5.65 Å². The summed E-state index contributed by atoms with van der Waals surface area (Å²) in [6.07, 6.45) is 1.69. The van der Waals surface area contributed by atoms with E-state index in [0.717, 1.165) is 12.1 Å². The third-order valence-electron chi connectivity index (χ3n) is 3.53. The molecule has 3 rings (SSSR count). The van der Waals surface area contributed by atoms with Crippen molar-refractivity contribution >= 4 is 16.9 Å². The maximum absolute atomic E-state index is 13.7. The maximum atomic E-state index is 13.7. The summed E-state index contributed by atoms with van der Waals surface area (Å²) in [6, 6.07) is 3.01. The number of halogens is 2. The zero-order valence-corrected chi connectivity index (χ0v) is 12.5. The van der Waals surface area contributed by atoms with Crippen LogP contribution in [0.1, 0.15) is 11.7 Å². The van der Waals surface area contributed by atoms with Crippen molar-refractivity contribution in [2.24, 2.45) is 0 Å². The van der Waals surface area contributed by atoms with Crippen LogP contribution in [0, 0.1) is 11.6 Å². The maximum Gasteiger partial charge on any atom is 0.163 e. The van der Waals surface area contributed by atoms with E-state index in [1.54, 1.807) is 0 Å². The van der Waals surface area contributed by atoms with Gasteiger partial charge in [0.05, 0.1) is 30.8 Å². The average Bonchev–Trinajstić information content (AvgIpc) is 2.97. The molecule has 0 amide bonds. The number of benzene rings is 1. The summed E-state index contributed by atoms with van der Waals surface area (Å²) in [6.45, 7) is 0.190. The van der Waals surface area contributed by atoms with Gasteiger partial charge in [-0.1, -0.05) is 6.07 Å². The summed E-state index contributed by atoms with van der Waals surface area (Å²) in [5.74, 6) is -1.09. The molecule has 0 radical (unpaired) electrons. The highest BCUT2D eigenvalue weighted by Crippen LogP contribution is 2.22. The largest absolute Gasteiger partial charge is 0.394 e. The Hall–Kier alpha value is -2.65. The topological polar surface area (TPSA) is 96.1 Å². The van der Waals surface area contributed by atoms with E-state index in [0.29, 0.717) is 23.4 Å². The van der Waals surface area contributed by atoms with Crippen molar-refractivity contribution in [1.29, 1.82) is 0 Å². The highest BCUT2D eigenvalue weighted by molar-refractivity contribution is 5.86. The highest BCUT2D eigenvalue weighted by atomic mass is 19.1. The van der Waals surface area contributed by atoms with Crippen LogP contribution in [-0.4, -0.2) is 43.1 Å². The number of aliphatic hydroxyl groups excluding tert-OH is 2. The molecule has 0 aliphatic rings. The van der Waals surface area contributed by atoms with Gasteiger partial charge in [-0.15, -0.1) is 0 Å². The summed E-state index contributed by atoms with van der Waals surface area (Å²) >= 11 is 0. The standard InChI is InChI=1S/C15H15F2N5O2/c16-9-1-2-10(12(17)5-9)13(24)7-18-14-11-6-21-22(3-4-23)15(11)20-8-19-14/h1-2,5-6,8,13,23-24H,3-4,7H2,(H,18,19,20)/t13-/m0/s1. The minimum absolute atomic E-state index is 0.00910. The summed E-state index contributed by atoms with van der Waals surface area (Å²) in [4.78, 5) is 8.18. The molecule has 0 saturated carbocycles. The van der Waals surface area contributed by atoms with Crippen LogP contribution in [0.4, 0.5) is 14.6 Å². The normalized spacial score (nSPS) is 12.5.